The van der Waals surface area contributed by atoms with E-state index in [1.165, 1.54) is 12.8 Å². The molecule has 1 aliphatic rings. The quantitative estimate of drug-likeness (QED) is 0.232. The van der Waals surface area contributed by atoms with Crippen LogP contribution in [0.25, 0.3) is 22.0 Å². The summed E-state index contributed by atoms with van der Waals surface area (Å²) in [6, 6.07) is 8.31. The number of benzene rings is 1. The molecule has 5 N–H and O–H groups in total. The smallest absolute Gasteiger partial charge is 0.475 e. The molecule has 1 aliphatic carbocycles. The number of halogens is 6. The summed E-state index contributed by atoms with van der Waals surface area (Å²) in [5.41, 5.74) is 3.36. The maximum Gasteiger partial charge on any atom is 0.490 e. The molecule has 3 heterocycles. The number of anilines is 3. The number of aromatic amines is 1. The Bertz CT molecular complexity index is 1370. The fraction of sp³-hybridized carbons (Fsp3) is 0.250. The third-order valence-corrected chi connectivity index (χ3v) is 4.40. The van der Waals surface area contributed by atoms with Crippen LogP contribution in [0, 0.1) is 0 Å². The molecule has 17 heteroatoms. The van der Waals surface area contributed by atoms with Crippen LogP contribution in [-0.2, 0) is 9.59 Å². The fourth-order valence-corrected chi connectivity index (χ4v) is 2.58. The van der Waals surface area contributed by atoms with E-state index in [2.05, 4.69) is 30.8 Å². The molecule has 0 atom stereocenters. The van der Waals surface area contributed by atoms with Gasteiger partial charge in [-0.15, -0.1) is 0 Å². The van der Waals surface area contributed by atoms with Gasteiger partial charge in [0.15, 0.2) is 11.4 Å². The zero-order valence-corrected chi connectivity index (χ0v) is 18.2. The number of rotatable bonds is 4. The summed E-state index contributed by atoms with van der Waals surface area (Å²) in [5, 5.41) is 29.0. The third kappa shape index (κ3) is 7.71. The number of carboxylic acid groups (broad SMARTS) is 2. The molecular formula is C20H16F6N6O5. The molecule has 198 valence electrons. The van der Waals surface area contributed by atoms with Crippen LogP contribution in [-0.4, -0.2) is 60.7 Å². The first-order valence-corrected chi connectivity index (χ1v) is 10.1. The maximum absolute atomic E-state index is 10.6. The summed E-state index contributed by atoms with van der Waals surface area (Å²) in [6.07, 6.45) is -4.39. The number of nitrogens with one attached hydrogen (secondary N) is 3. The highest BCUT2D eigenvalue weighted by Crippen LogP contribution is 2.30. The molecule has 0 bridgehead atoms. The van der Waals surface area contributed by atoms with Gasteiger partial charge in [-0.25, -0.2) is 14.6 Å². The van der Waals surface area contributed by atoms with Gasteiger partial charge in [0.25, 0.3) is 0 Å². The SMILES string of the molecule is O=C(O)C(F)(F)F.O=C(O)C(F)(F)F.c1cc2nc(Nc3ccc4cn[nH]c4c3)nc(NC3CC3)c2o1. The molecule has 0 saturated heterocycles. The Kier molecular flexibility index (Phi) is 7.73. The van der Waals surface area contributed by atoms with E-state index >= 15 is 0 Å². The van der Waals surface area contributed by atoms with Gasteiger partial charge in [0.1, 0.15) is 5.52 Å². The molecule has 5 rings (SSSR count). The van der Waals surface area contributed by atoms with Crippen molar-refractivity contribution >= 4 is 51.4 Å². The molecule has 1 fully saturated rings. The molecule has 1 saturated carbocycles. The van der Waals surface area contributed by atoms with Gasteiger partial charge in [0, 0.05) is 23.2 Å². The highest BCUT2D eigenvalue weighted by Gasteiger charge is 2.38. The number of hydrogen-bond acceptors (Lipinski definition) is 8. The molecule has 0 spiro atoms. The number of fused-ring (bicyclic) bond motifs is 2. The summed E-state index contributed by atoms with van der Waals surface area (Å²) >= 11 is 0. The predicted octanol–water partition coefficient (Wildman–Crippen LogP) is 4.68. The Balaban J connectivity index is 0.000000227. The van der Waals surface area contributed by atoms with Crippen molar-refractivity contribution in [2.45, 2.75) is 31.2 Å². The van der Waals surface area contributed by atoms with Crippen molar-refractivity contribution in [1.82, 2.24) is 20.2 Å². The zero-order chi connectivity index (χ0) is 27.4. The number of H-pyrrole nitrogens is 1. The topological polar surface area (TPSA) is 166 Å². The van der Waals surface area contributed by atoms with Crippen LogP contribution in [0.15, 0.2) is 41.1 Å². The van der Waals surface area contributed by atoms with Crippen molar-refractivity contribution in [1.29, 1.82) is 0 Å². The van der Waals surface area contributed by atoms with E-state index in [0.717, 1.165) is 27.9 Å². The average molecular weight is 534 g/mol. The normalized spacial score (nSPS) is 13.2. The van der Waals surface area contributed by atoms with Gasteiger partial charge in [-0.05, 0) is 31.0 Å². The van der Waals surface area contributed by atoms with E-state index in [1.54, 1.807) is 12.5 Å². The second-order valence-electron chi connectivity index (χ2n) is 7.35. The lowest BCUT2D eigenvalue weighted by molar-refractivity contribution is -0.193. The van der Waals surface area contributed by atoms with Crippen molar-refractivity contribution in [3.63, 3.8) is 0 Å². The number of carboxylic acids is 2. The lowest BCUT2D eigenvalue weighted by atomic mass is 10.2. The number of hydrogen-bond donors (Lipinski definition) is 5. The summed E-state index contributed by atoms with van der Waals surface area (Å²) in [6.45, 7) is 0. The van der Waals surface area contributed by atoms with E-state index in [4.69, 9.17) is 24.2 Å². The standard InChI is InChI=1S/C16H14N6O.2C2HF3O2/c1-2-11(7-13-9(1)8-17-22-13)19-16-20-12-5-6-23-14(12)15(21-16)18-10-3-4-10;2*3-2(4,5)1(6)7/h1-2,5-8,10H,3-4H2,(H,17,22)(H2,18,19,20,21);2*(H,6,7). The molecular weight excluding hydrogens is 518 g/mol. The van der Waals surface area contributed by atoms with E-state index in [0.29, 0.717) is 17.6 Å². The first-order valence-electron chi connectivity index (χ1n) is 10.1. The number of furan rings is 1. The second kappa shape index (κ2) is 10.6. The van der Waals surface area contributed by atoms with Gasteiger partial charge < -0.3 is 25.3 Å². The van der Waals surface area contributed by atoms with Crippen molar-refractivity contribution in [3.8, 4) is 0 Å². The van der Waals surface area contributed by atoms with Crippen molar-refractivity contribution in [3.05, 3.63) is 36.7 Å². The number of aromatic nitrogens is 4. The van der Waals surface area contributed by atoms with Gasteiger partial charge >= 0.3 is 24.3 Å². The maximum atomic E-state index is 10.6. The molecule has 3 aromatic heterocycles. The van der Waals surface area contributed by atoms with Gasteiger partial charge in [-0.2, -0.15) is 36.4 Å². The molecule has 1 aromatic carbocycles. The second-order valence-corrected chi connectivity index (χ2v) is 7.35. The van der Waals surface area contributed by atoms with E-state index in [1.807, 2.05) is 24.3 Å². The van der Waals surface area contributed by atoms with Crippen molar-refractivity contribution in [2.75, 3.05) is 10.6 Å². The van der Waals surface area contributed by atoms with Crippen LogP contribution >= 0.6 is 0 Å². The summed E-state index contributed by atoms with van der Waals surface area (Å²) in [4.78, 5) is 26.9. The minimum atomic E-state index is -5.08. The average Bonchev–Trinajstić information content (AvgIpc) is 3.28. The first-order chi connectivity index (χ1) is 17.2. The van der Waals surface area contributed by atoms with Crippen LogP contribution in [0.5, 0.6) is 0 Å². The van der Waals surface area contributed by atoms with E-state index in [-0.39, 0.29) is 0 Å². The summed E-state index contributed by atoms with van der Waals surface area (Å²) in [5.74, 6) is -4.23. The molecule has 0 radical (unpaired) electrons. The van der Waals surface area contributed by atoms with E-state index in [9.17, 15) is 26.3 Å². The molecule has 4 aromatic rings. The Morgan fingerprint density at radius 2 is 1.62 bits per heavy atom. The fourth-order valence-electron chi connectivity index (χ4n) is 2.58. The van der Waals surface area contributed by atoms with Gasteiger partial charge in [0.2, 0.25) is 5.95 Å². The Hall–Kier alpha value is -4.57. The van der Waals surface area contributed by atoms with Crippen LogP contribution in [0.2, 0.25) is 0 Å². The number of nitrogens with zero attached hydrogens (tertiary/aromatic N) is 3. The Labute approximate surface area is 201 Å². The highest BCUT2D eigenvalue weighted by atomic mass is 19.4. The first kappa shape index (κ1) is 27.0. The van der Waals surface area contributed by atoms with Crippen molar-refractivity contribution in [2.24, 2.45) is 0 Å². The molecule has 11 nitrogen and oxygen atoms in total. The van der Waals surface area contributed by atoms with Crippen LogP contribution < -0.4 is 10.6 Å². The molecule has 0 aliphatic heterocycles. The minimum absolute atomic E-state index is 0.493. The molecule has 0 unspecified atom stereocenters. The van der Waals surface area contributed by atoms with Crippen LogP contribution in [0.3, 0.4) is 0 Å². The number of carbonyl (C=O) groups is 2. The van der Waals surface area contributed by atoms with Crippen LogP contribution in [0.4, 0.5) is 43.8 Å². The lowest BCUT2D eigenvalue weighted by Crippen LogP contribution is -2.21. The number of aliphatic carboxylic acids is 2. The monoisotopic (exact) mass is 534 g/mol. The number of alkyl halides is 6. The zero-order valence-electron chi connectivity index (χ0n) is 18.2. The molecule has 37 heavy (non-hydrogen) atoms. The van der Waals surface area contributed by atoms with Crippen molar-refractivity contribution < 1.29 is 50.6 Å². The van der Waals surface area contributed by atoms with Crippen LogP contribution in [0.1, 0.15) is 12.8 Å². The molecule has 0 amide bonds. The van der Waals surface area contributed by atoms with Gasteiger partial charge in [0.05, 0.1) is 18.0 Å². The summed E-state index contributed by atoms with van der Waals surface area (Å²) in [7, 11) is 0. The predicted molar refractivity (Wildman–Crippen MR) is 115 cm³/mol. The third-order valence-electron chi connectivity index (χ3n) is 4.40. The minimum Gasteiger partial charge on any atom is -0.475 e. The highest BCUT2D eigenvalue weighted by molar-refractivity contribution is 5.86. The largest absolute Gasteiger partial charge is 0.490 e. The van der Waals surface area contributed by atoms with Gasteiger partial charge in [-0.1, -0.05) is 0 Å². The lowest BCUT2D eigenvalue weighted by Gasteiger charge is -2.08. The Morgan fingerprint density at radius 1 is 1.00 bits per heavy atom. The summed E-state index contributed by atoms with van der Waals surface area (Å²) < 4.78 is 69.0. The van der Waals surface area contributed by atoms with Gasteiger partial charge in [-0.3, -0.25) is 5.10 Å². The van der Waals surface area contributed by atoms with E-state index < -0.39 is 24.3 Å². The Morgan fingerprint density at radius 3 is 2.19 bits per heavy atom.